The van der Waals surface area contributed by atoms with Crippen molar-refractivity contribution < 1.29 is 38.1 Å². The summed E-state index contributed by atoms with van der Waals surface area (Å²) in [6.07, 6.45) is 3.61. The normalized spacial score (nSPS) is 20.1. The van der Waals surface area contributed by atoms with Crippen LogP contribution in [0.2, 0.25) is 0 Å². The highest BCUT2D eigenvalue weighted by Gasteiger charge is 2.42. The van der Waals surface area contributed by atoms with Crippen LogP contribution in [0.1, 0.15) is 84.8 Å². The van der Waals surface area contributed by atoms with Crippen LogP contribution in [0.15, 0.2) is 97.3 Å². The van der Waals surface area contributed by atoms with Crippen LogP contribution in [0.3, 0.4) is 0 Å². The maximum atomic E-state index is 14.2. The van der Waals surface area contributed by atoms with Crippen molar-refractivity contribution in [1.29, 1.82) is 0 Å². The van der Waals surface area contributed by atoms with Crippen molar-refractivity contribution in [3.05, 3.63) is 131 Å². The van der Waals surface area contributed by atoms with E-state index in [0.29, 0.717) is 61.9 Å². The highest BCUT2D eigenvalue weighted by atomic mass is 16.5. The number of methoxy groups -OCH3 is 2. The quantitative estimate of drug-likeness (QED) is 0.105. The predicted molar refractivity (Wildman–Crippen MR) is 242 cm³/mol. The molecule has 4 aromatic carbocycles. The number of benzene rings is 4. The van der Waals surface area contributed by atoms with E-state index >= 15 is 0 Å². The zero-order valence-corrected chi connectivity index (χ0v) is 37.0. The van der Waals surface area contributed by atoms with E-state index in [4.69, 9.17) is 28.9 Å². The summed E-state index contributed by atoms with van der Waals surface area (Å²) in [7, 11) is 2.56. The second-order valence-corrected chi connectivity index (χ2v) is 17.6. The SMILES string of the molecule is COC(=O)N[C@@H](C(=O)N1C[C@@H](C)C[C@H]1c1ncc(-c2cc3c4c(c2)OCc2cc(-c5cnc([C@@H]6C[C@H](C)CN6C(=O)[C@H](NC(=O)OC)c6ccccc6)[nH]5)cc(c2-4)OC3)[nH]1)c1ccccc1. The molecule has 2 saturated heterocycles. The van der Waals surface area contributed by atoms with E-state index in [2.05, 4.69) is 46.6 Å². The Labute approximate surface area is 381 Å². The van der Waals surface area contributed by atoms with E-state index < -0.39 is 24.3 Å². The molecule has 4 N–H and O–H groups in total. The molecule has 16 heteroatoms. The Hall–Kier alpha value is -7.62. The van der Waals surface area contributed by atoms with Crippen molar-refractivity contribution in [3.63, 3.8) is 0 Å². The molecule has 6 heterocycles. The Kier molecular flexibility index (Phi) is 11.2. The lowest BCUT2D eigenvalue weighted by atomic mass is 9.87. The molecule has 0 unspecified atom stereocenters. The minimum Gasteiger partial charge on any atom is -0.488 e. The molecule has 0 aliphatic carbocycles. The Balaban J connectivity index is 0.891. The molecule has 66 heavy (non-hydrogen) atoms. The molecule has 2 fully saturated rings. The highest BCUT2D eigenvalue weighted by molar-refractivity contribution is 5.90. The van der Waals surface area contributed by atoms with E-state index in [1.54, 1.807) is 22.2 Å². The summed E-state index contributed by atoms with van der Waals surface area (Å²) in [5.41, 5.74) is 8.58. The van der Waals surface area contributed by atoms with Gasteiger partial charge in [-0.05, 0) is 60.1 Å². The average molecular weight is 891 g/mol. The van der Waals surface area contributed by atoms with Crippen molar-refractivity contribution in [1.82, 2.24) is 40.4 Å². The fraction of sp³-hybridized carbons (Fsp3) is 0.320. The minimum absolute atomic E-state index is 0.208. The Morgan fingerprint density at radius 1 is 0.636 bits per heavy atom. The van der Waals surface area contributed by atoms with Gasteiger partial charge in [0.05, 0.1) is 50.1 Å². The standard InChI is InChI=1S/C50H50N8O8/c1-27-15-37(57(23-27)47(59)43(55-49(61)63-3)29-11-7-5-8-12-29)45-51-21-35(53-45)31-17-33-25-66-40-20-32(18-34-26-65-39(19-31)41(33)42(34)40)36-22-52-46(54-36)38-16-28(2)24-58(38)48(60)44(56-50(62)64-4)30-13-9-6-10-14-30/h5-14,17-22,27-28,37-38,43-44H,15-16,23-26H2,1-4H3,(H,51,53)(H,52,54)(H,55,61)(H,56,62)/t27-,28-,37-,38-,43+,44+/m0/s1. The summed E-state index contributed by atoms with van der Waals surface area (Å²) < 4.78 is 22.7. The first-order chi connectivity index (χ1) is 32.1. The first-order valence-corrected chi connectivity index (χ1v) is 22.2. The van der Waals surface area contributed by atoms with Crippen molar-refractivity contribution in [2.75, 3.05) is 27.3 Å². The molecule has 0 bridgehead atoms. The van der Waals surface area contributed by atoms with Gasteiger partial charge in [0.1, 0.15) is 48.4 Å². The van der Waals surface area contributed by atoms with E-state index in [0.717, 1.165) is 56.3 Å². The molecule has 10 rings (SSSR count). The lowest BCUT2D eigenvalue weighted by molar-refractivity contribution is -0.135. The lowest BCUT2D eigenvalue weighted by Crippen LogP contribution is -2.43. The Bertz CT molecular complexity index is 2590. The maximum Gasteiger partial charge on any atom is 0.407 e. The third kappa shape index (κ3) is 7.85. The molecule has 6 aromatic rings. The van der Waals surface area contributed by atoms with Gasteiger partial charge in [-0.1, -0.05) is 74.5 Å². The fourth-order valence-corrected chi connectivity index (χ4v) is 9.95. The van der Waals surface area contributed by atoms with Crippen LogP contribution >= 0.6 is 0 Å². The number of aromatic nitrogens is 4. The van der Waals surface area contributed by atoms with Crippen LogP contribution < -0.4 is 20.1 Å². The maximum absolute atomic E-state index is 14.2. The van der Waals surface area contributed by atoms with E-state index in [1.807, 2.05) is 72.8 Å². The van der Waals surface area contributed by atoms with Gasteiger partial charge in [0, 0.05) is 46.5 Å². The van der Waals surface area contributed by atoms with Crippen LogP contribution in [-0.4, -0.2) is 81.0 Å². The number of rotatable bonds is 10. The Morgan fingerprint density at radius 2 is 1.05 bits per heavy atom. The first kappa shape index (κ1) is 42.3. The molecule has 338 valence electrons. The van der Waals surface area contributed by atoms with E-state index in [-0.39, 0.29) is 35.7 Å². The molecule has 4 amide bonds. The van der Waals surface area contributed by atoms with Crippen LogP contribution in [0, 0.1) is 11.8 Å². The number of likely N-dealkylation sites (tertiary alicyclic amines) is 2. The molecule has 0 saturated carbocycles. The summed E-state index contributed by atoms with van der Waals surface area (Å²) in [6, 6.07) is 24.0. The predicted octanol–water partition coefficient (Wildman–Crippen LogP) is 7.93. The zero-order valence-electron chi connectivity index (χ0n) is 37.0. The monoisotopic (exact) mass is 890 g/mol. The summed E-state index contributed by atoms with van der Waals surface area (Å²) in [5, 5.41) is 5.47. The second-order valence-electron chi connectivity index (χ2n) is 17.6. The van der Waals surface area contributed by atoms with Crippen molar-refractivity contribution >= 4 is 24.0 Å². The van der Waals surface area contributed by atoms with Gasteiger partial charge in [-0.2, -0.15) is 0 Å². The molecule has 6 atom stereocenters. The van der Waals surface area contributed by atoms with Gasteiger partial charge in [-0.3, -0.25) is 9.59 Å². The lowest BCUT2D eigenvalue weighted by Gasteiger charge is -2.30. The number of carbonyl (C=O) groups excluding carboxylic acids is 4. The number of hydrogen-bond donors (Lipinski definition) is 4. The number of aromatic amines is 2. The van der Waals surface area contributed by atoms with Gasteiger partial charge in [0.2, 0.25) is 0 Å². The second kappa shape index (κ2) is 17.4. The molecule has 2 aromatic heterocycles. The Morgan fingerprint density at radius 3 is 1.44 bits per heavy atom. The third-order valence-corrected chi connectivity index (χ3v) is 13.1. The summed E-state index contributed by atoms with van der Waals surface area (Å²) in [6.45, 7) is 5.87. The number of imidazole rings is 2. The molecule has 4 aliphatic rings. The number of hydrogen-bond acceptors (Lipinski definition) is 10. The van der Waals surface area contributed by atoms with Gasteiger partial charge < -0.3 is 49.3 Å². The minimum atomic E-state index is -0.922. The van der Waals surface area contributed by atoms with Crippen molar-refractivity contribution in [3.8, 4) is 45.1 Å². The summed E-state index contributed by atoms with van der Waals surface area (Å²) in [4.78, 5) is 73.4. The molecule has 0 spiro atoms. The molecule has 4 aliphatic heterocycles. The van der Waals surface area contributed by atoms with Gasteiger partial charge in [-0.25, -0.2) is 19.6 Å². The van der Waals surface area contributed by atoms with Crippen LogP contribution in [0.25, 0.3) is 33.6 Å². The first-order valence-electron chi connectivity index (χ1n) is 22.2. The summed E-state index contributed by atoms with van der Waals surface area (Å²) >= 11 is 0. The van der Waals surface area contributed by atoms with Crippen molar-refractivity contribution in [2.45, 2.75) is 64.1 Å². The van der Waals surface area contributed by atoms with E-state index in [1.165, 1.54) is 14.2 Å². The van der Waals surface area contributed by atoms with Crippen LogP contribution in [0.5, 0.6) is 11.5 Å². The number of carbonyl (C=O) groups is 4. The third-order valence-electron chi connectivity index (χ3n) is 13.1. The number of ether oxygens (including phenoxy) is 4. The van der Waals surface area contributed by atoms with Crippen LogP contribution in [-0.2, 0) is 32.3 Å². The fourth-order valence-electron chi connectivity index (χ4n) is 9.95. The van der Waals surface area contributed by atoms with E-state index in [9.17, 15) is 19.2 Å². The molecule has 16 nitrogen and oxygen atoms in total. The van der Waals surface area contributed by atoms with Crippen LogP contribution in [0.4, 0.5) is 9.59 Å². The number of nitrogens with zero attached hydrogens (tertiary/aromatic N) is 4. The molecule has 0 radical (unpaired) electrons. The van der Waals surface area contributed by atoms with Crippen molar-refractivity contribution in [2.24, 2.45) is 11.8 Å². The topological polar surface area (TPSA) is 193 Å². The largest absolute Gasteiger partial charge is 0.488 e. The van der Waals surface area contributed by atoms with Gasteiger partial charge >= 0.3 is 12.2 Å². The van der Waals surface area contributed by atoms with Gasteiger partial charge in [0.25, 0.3) is 11.8 Å². The highest BCUT2D eigenvalue weighted by Crippen LogP contribution is 2.51. The zero-order chi connectivity index (χ0) is 45.6. The molecular formula is C50H50N8O8. The number of alkyl carbamates (subject to hydrolysis) is 2. The van der Waals surface area contributed by atoms with Gasteiger partial charge in [-0.15, -0.1) is 0 Å². The number of amides is 4. The summed E-state index contributed by atoms with van der Waals surface area (Å²) in [5.74, 6) is 2.75. The molecular weight excluding hydrogens is 841 g/mol. The average Bonchev–Trinajstić information content (AvgIpc) is 4.18. The number of nitrogens with one attached hydrogen (secondary N) is 4. The van der Waals surface area contributed by atoms with Gasteiger partial charge in [0.15, 0.2) is 0 Å². The number of H-pyrrole nitrogens is 2. The smallest absolute Gasteiger partial charge is 0.407 e.